The minimum absolute atomic E-state index is 0.257. The maximum absolute atomic E-state index is 10.2. The van der Waals surface area contributed by atoms with Crippen molar-refractivity contribution in [3.05, 3.63) is 41.3 Å². The van der Waals surface area contributed by atoms with Gasteiger partial charge in [-0.25, -0.2) is 0 Å². The fourth-order valence-corrected chi connectivity index (χ4v) is 3.11. The first-order valence-corrected chi connectivity index (χ1v) is 8.15. The number of nitrogens with zero attached hydrogens (tertiary/aromatic N) is 2. The number of likely N-dealkylation sites (tertiary alicyclic amines) is 1. The zero-order chi connectivity index (χ0) is 16.4. The molecule has 0 amide bonds. The Bertz CT molecular complexity index is 666. The molecule has 0 radical (unpaired) electrons. The van der Waals surface area contributed by atoms with E-state index in [2.05, 4.69) is 30.0 Å². The summed E-state index contributed by atoms with van der Waals surface area (Å²) in [5.41, 5.74) is 1.91. The molecule has 5 nitrogen and oxygen atoms in total. The van der Waals surface area contributed by atoms with Gasteiger partial charge >= 0.3 is 0 Å². The summed E-state index contributed by atoms with van der Waals surface area (Å²) in [4.78, 5) is 2.35. The van der Waals surface area contributed by atoms with E-state index in [1.54, 1.807) is 13.2 Å². The van der Waals surface area contributed by atoms with E-state index in [9.17, 15) is 5.11 Å². The summed E-state index contributed by atoms with van der Waals surface area (Å²) in [6.07, 6.45) is 2.20. The van der Waals surface area contributed by atoms with E-state index in [0.29, 0.717) is 18.2 Å². The van der Waals surface area contributed by atoms with Crippen LogP contribution in [0.2, 0.25) is 0 Å². The van der Waals surface area contributed by atoms with Crippen LogP contribution in [0, 0.1) is 0 Å². The van der Waals surface area contributed by atoms with Crippen molar-refractivity contribution in [1.82, 2.24) is 10.1 Å². The van der Waals surface area contributed by atoms with Gasteiger partial charge in [-0.3, -0.25) is 4.90 Å². The van der Waals surface area contributed by atoms with Gasteiger partial charge in [0.1, 0.15) is 23.0 Å². The Labute approximate surface area is 136 Å². The lowest BCUT2D eigenvalue weighted by Gasteiger charge is -2.23. The summed E-state index contributed by atoms with van der Waals surface area (Å²) in [6, 6.07) is 7.79. The summed E-state index contributed by atoms with van der Waals surface area (Å²) in [5, 5.41) is 14.4. The second-order valence-corrected chi connectivity index (χ2v) is 6.43. The molecule has 1 aliphatic heterocycles. The second-order valence-electron chi connectivity index (χ2n) is 6.43. The zero-order valence-corrected chi connectivity index (χ0v) is 14.0. The van der Waals surface area contributed by atoms with Crippen molar-refractivity contribution in [2.24, 2.45) is 0 Å². The molecule has 1 aromatic heterocycles. The van der Waals surface area contributed by atoms with Crippen molar-refractivity contribution in [1.29, 1.82) is 0 Å². The van der Waals surface area contributed by atoms with E-state index in [1.165, 1.54) is 0 Å². The predicted molar refractivity (Wildman–Crippen MR) is 87.6 cm³/mol. The number of ether oxygens (including phenoxy) is 1. The smallest absolute Gasteiger partial charge is 0.139 e. The Hall–Kier alpha value is -2.01. The average molecular weight is 316 g/mol. The van der Waals surface area contributed by atoms with Gasteiger partial charge in [0.2, 0.25) is 0 Å². The maximum atomic E-state index is 10.2. The fourth-order valence-electron chi connectivity index (χ4n) is 3.11. The molecule has 1 atom stereocenters. The van der Waals surface area contributed by atoms with Crippen LogP contribution in [0.15, 0.2) is 28.8 Å². The van der Waals surface area contributed by atoms with E-state index in [1.807, 2.05) is 12.1 Å². The predicted octanol–water partition coefficient (Wildman–Crippen LogP) is 3.85. The Morgan fingerprint density at radius 3 is 2.87 bits per heavy atom. The van der Waals surface area contributed by atoms with Crippen molar-refractivity contribution >= 4 is 0 Å². The van der Waals surface area contributed by atoms with Crippen LogP contribution in [0.4, 0.5) is 0 Å². The Kier molecular flexibility index (Phi) is 4.57. The molecule has 0 bridgehead atoms. The lowest BCUT2D eigenvalue weighted by molar-refractivity contribution is 0.233. The lowest BCUT2D eigenvalue weighted by atomic mass is 10.1. The van der Waals surface area contributed by atoms with Gasteiger partial charge in [0, 0.05) is 30.2 Å². The van der Waals surface area contributed by atoms with Crippen molar-refractivity contribution in [3.63, 3.8) is 0 Å². The molecular formula is C18H24N2O3. The summed E-state index contributed by atoms with van der Waals surface area (Å²) >= 11 is 0. The lowest BCUT2D eigenvalue weighted by Crippen LogP contribution is -2.23. The molecule has 2 aromatic rings. The van der Waals surface area contributed by atoms with Crippen LogP contribution in [0.3, 0.4) is 0 Å². The molecule has 0 unspecified atom stereocenters. The number of rotatable bonds is 5. The normalized spacial score (nSPS) is 18.7. The highest BCUT2D eigenvalue weighted by molar-refractivity contribution is 5.39. The van der Waals surface area contributed by atoms with Crippen LogP contribution in [0.5, 0.6) is 11.5 Å². The third-order valence-corrected chi connectivity index (χ3v) is 4.49. The second kappa shape index (κ2) is 6.62. The number of benzene rings is 1. The highest BCUT2D eigenvalue weighted by Gasteiger charge is 2.29. The van der Waals surface area contributed by atoms with Crippen molar-refractivity contribution in [2.45, 2.75) is 45.2 Å². The highest BCUT2D eigenvalue weighted by atomic mass is 16.5. The van der Waals surface area contributed by atoms with Gasteiger partial charge in [-0.2, -0.15) is 0 Å². The number of hydrogen-bond acceptors (Lipinski definition) is 5. The number of aromatic hydroxyl groups is 1. The third kappa shape index (κ3) is 3.34. The molecule has 0 spiro atoms. The minimum Gasteiger partial charge on any atom is -0.507 e. The van der Waals surface area contributed by atoms with Gasteiger partial charge in [-0.1, -0.05) is 25.1 Å². The summed E-state index contributed by atoms with van der Waals surface area (Å²) in [6.45, 7) is 5.91. The molecule has 0 aliphatic carbocycles. The van der Waals surface area contributed by atoms with E-state index >= 15 is 0 Å². The van der Waals surface area contributed by atoms with E-state index < -0.39 is 0 Å². The van der Waals surface area contributed by atoms with Crippen LogP contribution in [0.1, 0.15) is 55.7 Å². The molecule has 23 heavy (non-hydrogen) atoms. The quantitative estimate of drug-likeness (QED) is 0.908. The highest BCUT2D eigenvalue weighted by Crippen LogP contribution is 2.35. The van der Waals surface area contributed by atoms with Gasteiger partial charge in [-0.05, 0) is 25.5 Å². The topological polar surface area (TPSA) is 58.7 Å². The van der Waals surface area contributed by atoms with Crippen LogP contribution in [0.25, 0.3) is 0 Å². The zero-order valence-electron chi connectivity index (χ0n) is 14.0. The molecule has 3 rings (SSSR count). The SMILES string of the molecule is COc1ccc(CN2CCC[C@@H]2c2cc(C(C)C)on2)c(O)c1. The number of hydrogen-bond donors (Lipinski definition) is 1. The maximum Gasteiger partial charge on any atom is 0.139 e. The first-order chi connectivity index (χ1) is 11.1. The van der Waals surface area contributed by atoms with Gasteiger partial charge in [0.05, 0.1) is 13.2 Å². The van der Waals surface area contributed by atoms with Gasteiger partial charge in [0.25, 0.3) is 0 Å². The average Bonchev–Trinajstić information content (AvgIpc) is 3.17. The summed E-state index contributed by atoms with van der Waals surface area (Å²) in [5.74, 6) is 2.22. The number of methoxy groups -OCH3 is 1. The molecular weight excluding hydrogens is 292 g/mol. The van der Waals surface area contributed by atoms with E-state index in [-0.39, 0.29) is 11.8 Å². The molecule has 2 heterocycles. The molecule has 1 saturated heterocycles. The molecule has 0 saturated carbocycles. The molecule has 5 heteroatoms. The molecule has 124 valence electrons. The van der Waals surface area contributed by atoms with Crippen LogP contribution < -0.4 is 4.74 Å². The van der Waals surface area contributed by atoms with Crippen LogP contribution >= 0.6 is 0 Å². The Morgan fingerprint density at radius 1 is 1.39 bits per heavy atom. The Balaban J connectivity index is 1.76. The van der Waals surface area contributed by atoms with Crippen LogP contribution in [-0.4, -0.2) is 28.8 Å². The molecule has 1 aliphatic rings. The monoisotopic (exact) mass is 316 g/mol. The first-order valence-electron chi connectivity index (χ1n) is 8.15. The van der Waals surface area contributed by atoms with Crippen molar-refractivity contribution in [2.75, 3.05) is 13.7 Å². The first kappa shape index (κ1) is 15.9. The summed E-state index contributed by atoms with van der Waals surface area (Å²) < 4.78 is 10.6. The summed E-state index contributed by atoms with van der Waals surface area (Å²) in [7, 11) is 1.60. The van der Waals surface area contributed by atoms with Gasteiger partial charge in [0.15, 0.2) is 0 Å². The molecule has 1 N–H and O–H groups in total. The van der Waals surface area contributed by atoms with Crippen molar-refractivity contribution in [3.8, 4) is 11.5 Å². The van der Waals surface area contributed by atoms with E-state index in [4.69, 9.17) is 9.26 Å². The standard InChI is InChI=1S/C18H24N2O3/c1-12(2)18-10-15(19-23-18)16-5-4-8-20(16)11-13-6-7-14(22-3)9-17(13)21/h6-7,9-10,12,16,21H,4-5,8,11H2,1-3H3/t16-/m1/s1. The number of aromatic nitrogens is 1. The third-order valence-electron chi connectivity index (χ3n) is 4.49. The van der Waals surface area contributed by atoms with E-state index in [0.717, 1.165) is 36.4 Å². The van der Waals surface area contributed by atoms with Crippen LogP contribution in [-0.2, 0) is 6.54 Å². The minimum atomic E-state index is 0.257. The fraction of sp³-hybridized carbons (Fsp3) is 0.500. The van der Waals surface area contributed by atoms with Gasteiger partial charge in [-0.15, -0.1) is 0 Å². The Morgan fingerprint density at radius 2 is 2.22 bits per heavy atom. The number of phenolic OH excluding ortho intramolecular Hbond substituents is 1. The number of phenols is 1. The molecule has 1 fully saturated rings. The van der Waals surface area contributed by atoms with Gasteiger partial charge < -0.3 is 14.4 Å². The largest absolute Gasteiger partial charge is 0.507 e. The van der Waals surface area contributed by atoms with Crippen molar-refractivity contribution < 1.29 is 14.4 Å². The molecule has 1 aromatic carbocycles.